The van der Waals surface area contributed by atoms with E-state index in [4.69, 9.17) is 9.79 Å². The molecule has 0 unspecified atom stereocenters. The molecule has 37 heavy (non-hydrogen) atoms. The third-order valence-electron chi connectivity index (χ3n) is 5.85. The van der Waals surface area contributed by atoms with E-state index in [1.165, 1.54) is 24.3 Å². The van der Waals surface area contributed by atoms with Crippen molar-refractivity contribution in [2.75, 3.05) is 19.6 Å². The van der Waals surface area contributed by atoms with Crippen LogP contribution in [0.3, 0.4) is 0 Å². The Bertz CT molecular complexity index is 1250. The molecule has 1 saturated heterocycles. The second-order valence-corrected chi connectivity index (χ2v) is 12.0. The van der Waals surface area contributed by atoms with E-state index < -0.39 is 40.8 Å². The lowest BCUT2D eigenvalue weighted by Gasteiger charge is -2.21. The molecule has 14 heteroatoms. The summed E-state index contributed by atoms with van der Waals surface area (Å²) in [5, 5.41) is 2.64. The van der Waals surface area contributed by atoms with Crippen LogP contribution in [0.15, 0.2) is 59.5 Å². The molecule has 0 aliphatic carbocycles. The van der Waals surface area contributed by atoms with Crippen molar-refractivity contribution in [2.24, 2.45) is 0 Å². The van der Waals surface area contributed by atoms with Crippen molar-refractivity contribution >= 4 is 29.4 Å². The van der Waals surface area contributed by atoms with E-state index in [2.05, 4.69) is 10.0 Å². The van der Waals surface area contributed by atoms with E-state index in [0.717, 1.165) is 30.7 Å². The smallest absolute Gasteiger partial charge is 0.355 e. The van der Waals surface area contributed by atoms with Gasteiger partial charge in [-0.1, -0.05) is 42.5 Å². The molecule has 1 aliphatic rings. The highest BCUT2D eigenvalue weighted by atomic mass is 32.2. The van der Waals surface area contributed by atoms with Crippen LogP contribution in [-0.4, -0.2) is 60.6 Å². The van der Waals surface area contributed by atoms with Crippen LogP contribution >= 0.6 is 7.60 Å². The summed E-state index contributed by atoms with van der Waals surface area (Å²) in [5.41, 5.74) is -5.02. The second kappa shape index (κ2) is 11.8. The van der Waals surface area contributed by atoms with Crippen LogP contribution in [-0.2, 0) is 36.3 Å². The summed E-state index contributed by atoms with van der Waals surface area (Å²) < 4.78 is 67.1. The first-order chi connectivity index (χ1) is 17.3. The summed E-state index contributed by atoms with van der Waals surface area (Å²) in [4.78, 5) is 44.1. The van der Waals surface area contributed by atoms with Crippen LogP contribution in [0.2, 0.25) is 0 Å². The zero-order valence-electron chi connectivity index (χ0n) is 19.7. The summed E-state index contributed by atoms with van der Waals surface area (Å²) in [6.45, 7) is 1.29. The van der Waals surface area contributed by atoms with Gasteiger partial charge in [0.25, 0.3) is 0 Å². The number of benzene rings is 2. The number of rotatable bonds is 12. The molecule has 1 aliphatic heterocycles. The highest BCUT2D eigenvalue weighted by Gasteiger charge is 2.50. The molecule has 0 spiro atoms. The average molecular weight is 560 g/mol. The van der Waals surface area contributed by atoms with Gasteiger partial charge in [0.2, 0.25) is 21.8 Å². The van der Waals surface area contributed by atoms with Crippen molar-refractivity contribution < 1.29 is 41.1 Å². The SMILES string of the molecule is O=C(NCCCN1CCCC1=O)[C@H](Cc1ccc(C(F)(F)P(=O)(O)O)cc1)NS(=O)(=O)c1ccccc1. The molecule has 1 heterocycles. The predicted octanol–water partition coefficient (Wildman–Crippen LogP) is 1.93. The maximum absolute atomic E-state index is 14.0. The van der Waals surface area contributed by atoms with Crippen LogP contribution < -0.4 is 10.0 Å². The van der Waals surface area contributed by atoms with Crippen molar-refractivity contribution in [2.45, 2.75) is 42.3 Å². The Morgan fingerprint density at radius 2 is 1.76 bits per heavy atom. The number of hydrogen-bond acceptors (Lipinski definition) is 5. The minimum atomic E-state index is -5.75. The number of sulfonamides is 1. The summed E-state index contributed by atoms with van der Waals surface area (Å²) in [7, 11) is -9.87. The molecule has 0 radical (unpaired) electrons. The third kappa shape index (κ3) is 7.42. The van der Waals surface area contributed by atoms with Gasteiger partial charge in [-0.3, -0.25) is 14.2 Å². The highest BCUT2D eigenvalue weighted by Crippen LogP contribution is 2.59. The Morgan fingerprint density at radius 1 is 1.11 bits per heavy atom. The van der Waals surface area contributed by atoms with Gasteiger partial charge in [-0.15, -0.1) is 0 Å². The number of carbonyl (C=O) groups is 2. The molecule has 2 aromatic carbocycles. The molecular weight excluding hydrogens is 531 g/mol. The van der Waals surface area contributed by atoms with Crippen LogP contribution in [0, 0.1) is 0 Å². The van der Waals surface area contributed by atoms with Gasteiger partial charge in [0.05, 0.1) is 4.90 Å². The van der Waals surface area contributed by atoms with Gasteiger partial charge in [0, 0.05) is 31.6 Å². The van der Waals surface area contributed by atoms with Crippen molar-refractivity contribution in [1.82, 2.24) is 14.9 Å². The Kier molecular flexibility index (Phi) is 9.19. The first-order valence-electron chi connectivity index (χ1n) is 11.5. The molecule has 202 valence electrons. The zero-order chi connectivity index (χ0) is 27.3. The molecular formula is C23H28F2N3O7PS. The molecule has 1 fully saturated rings. The highest BCUT2D eigenvalue weighted by molar-refractivity contribution is 7.89. The lowest BCUT2D eigenvalue weighted by atomic mass is 10.0. The van der Waals surface area contributed by atoms with E-state index in [1.807, 2.05) is 0 Å². The van der Waals surface area contributed by atoms with Gasteiger partial charge < -0.3 is 20.0 Å². The van der Waals surface area contributed by atoms with Gasteiger partial charge >= 0.3 is 13.3 Å². The molecule has 0 bridgehead atoms. The first kappa shape index (κ1) is 28.9. The molecule has 2 aromatic rings. The van der Waals surface area contributed by atoms with Crippen molar-refractivity contribution in [1.29, 1.82) is 0 Å². The predicted molar refractivity (Wildman–Crippen MR) is 130 cm³/mol. The Balaban J connectivity index is 1.73. The van der Waals surface area contributed by atoms with E-state index in [1.54, 1.807) is 11.0 Å². The van der Waals surface area contributed by atoms with Crippen molar-refractivity contribution in [3.8, 4) is 0 Å². The van der Waals surface area contributed by atoms with Gasteiger partial charge in [-0.25, -0.2) is 8.42 Å². The molecule has 0 aromatic heterocycles. The van der Waals surface area contributed by atoms with Crippen molar-refractivity contribution in [3.05, 3.63) is 65.7 Å². The minimum absolute atomic E-state index is 0.0487. The number of likely N-dealkylation sites (tertiary alicyclic amines) is 1. The molecule has 10 nitrogen and oxygen atoms in total. The minimum Gasteiger partial charge on any atom is -0.355 e. The number of hydrogen-bond donors (Lipinski definition) is 4. The number of carbonyl (C=O) groups excluding carboxylic acids is 2. The summed E-state index contributed by atoms with van der Waals surface area (Å²) in [6.07, 6.45) is 1.52. The fourth-order valence-electron chi connectivity index (χ4n) is 3.83. The van der Waals surface area contributed by atoms with Gasteiger partial charge in [0.15, 0.2) is 0 Å². The van der Waals surface area contributed by atoms with Crippen molar-refractivity contribution in [3.63, 3.8) is 0 Å². The molecule has 2 amide bonds. The number of nitrogens with zero attached hydrogens (tertiary/aromatic N) is 1. The first-order valence-corrected chi connectivity index (χ1v) is 14.6. The van der Waals surface area contributed by atoms with E-state index in [9.17, 15) is 31.4 Å². The fourth-order valence-corrected chi connectivity index (χ4v) is 5.54. The lowest BCUT2D eigenvalue weighted by molar-refractivity contribution is -0.127. The second-order valence-electron chi connectivity index (χ2n) is 8.60. The van der Waals surface area contributed by atoms with Gasteiger partial charge in [0.1, 0.15) is 6.04 Å². The van der Waals surface area contributed by atoms with E-state index in [-0.39, 0.29) is 29.3 Å². The van der Waals surface area contributed by atoms with Crippen LogP contribution in [0.4, 0.5) is 8.78 Å². The molecule has 1 atom stereocenters. The number of nitrogens with one attached hydrogen (secondary N) is 2. The summed E-state index contributed by atoms with van der Waals surface area (Å²) >= 11 is 0. The lowest BCUT2D eigenvalue weighted by Crippen LogP contribution is -2.48. The third-order valence-corrected chi connectivity index (χ3v) is 8.33. The Morgan fingerprint density at radius 3 is 2.32 bits per heavy atom. The van der Waals surface area contributed by atoms with Crippen LogP contribution in [0.25, 0.3) is 0 Å². The average Bonchev–Trinajstić information content (AvgIpc) is 3.26. The van der Waals surface area contributed by atoms with E-state index >= 15 is 0 Å². The maximum Gasteiger partial charge on any atom is 0.399 e. The molecule has 3 rings (SSSR count). The monoisotopic (exact) mass is 559 g/mol. The maximum atomic E-state index is 14.0. The number of alkyl halides is 2. The Labute approximate surface area is 213 Å². The number of amides is 2. The molecule has 0 saturated carbocycles. The van der Waals surface area contributed by atoms with E-state index in [0.29, 0.717) is 25.9 Å². The topological polar surface area (TPSA) is 153 Å². The standard InChI is InChI=1S/C23H28F2N3O7PS/c24-23(25,36(31,32)33)18-11-9-17(10-12-18)16-20(27-37(34,35)19-6-2-1-3-7-19)22(30)26-13-5-15-28-14-4-8-21(28)29/h1-3,6-7,9-12,20,27H,4-5,8,13-16H2,(H,26,30)(H2,31,32,33)/t20-/m0/s1. The zero-order valence-corrected chi connectivity index (χ0v) is 21.4. The van der Waals surface area contributed by atoms with Crippen LogP contribution in [0.1, 0.15) is 30.4 Å². The van der Waals surface area contributed by atoms with Gasteiger partial charge in [-0.05, 0) is 37.0 Å². The fraction of sp³-hybridized carbons (Fsp3) is 0.391. The Hall–Kier alpha value is -2.70. The van der Waals surface area contributed by atoms with Gasteiger partial charge in [-0.2, -0.15) is 13.5 Å². The molecule has 4 N–H and O–H groups in total. The number of halogens is 2. The summed E-state index contributed by atoms with van der Waals surface area (Å²) in [6, 6.07) is 9.99. The normalized spacial score (nSPS) is 15.6. The summed E-state index contributed by atoms with van der Waals surface area (Å²) in [5.74, 6) is -0.607. The largest absolute Gasteiger partial charge is 0.399 e. The van der Waals surface area contributed by atoms with Crippen LogP contribution in [0.5, 0.6) is 0 Å². The quantitative estimate of drug-likeness (QED) is 0.229.